The Morgan fingerprint density at radius 3 is 3.04 bits per heavy atom. The van der Waals surface area contributed by atoms with Crippen molar-refractivity contribution in [2.45, 2.75) is 32.5 Å². The summed E-state index contributed by atoms with van der Waals surface area (Å²) in [6.07, 6.45) is -0.381. The Labute approximate surface area is 144 Å². The zero-order valence-corrected chi connectivity index (χ0v) is 14.8. The van der Waals surface area contributed by atoms with Crippen LogP contribution >= 0.6 is 11.3 Å². The Morgan fingerprint density at radius 1 is 1.50 bits per heavy atom. The molecule has 1 aliphatic rings. The highest BCUT2D eigenvalue weighted by Crippen LogP contribution is 2.26. The van der Waals surface area contributed by atoms with Crippen molar-refractivity contribution in [2.75, 3.05) is 26.8 Å². The first-order valence-corrected chi connectivity index (χ1v) is 8.77. The number of carbonyl (C=O) groups is 1. The quantitative estimate of drug-likeness (QED) is 0.824. The number of methoxy groups -OCH3 is 1. The van der Waals surface area contributed by atoms with Gasteiger partial charge >= 0.3 is 0 Å². The van der Waals surface area contributed by atoms with E-state index in [0.29, 0.717) is 43.0 Å². The molecule has 0 radical (unpaired) electrons. The molecule has 0 aromatic carbocycles. The minimum Gasteiger partial charge on any atom is -0.422 e. The zero-order chi connectivity index (χ0) is 17.1. The van der Waals surface area contributed by atoms with E-state index in [9.17, 15) is 4.79 Å². The molecule has 0 spiro atoms. The van der Waals surface area contributed by atoms with Crippen LogP contribution in [0, 0.1) is 0 Å². The van der Waals surface area contributed by atoms with Gasteiger partial charge in [-0.15, -0.1) is 21.5 Å². The van der Waals surface area contributed by atoms with Crippen molar-refractivity contribution in [3.63, 3.8) is 0 Å². The van der Waals surface area contributed by atoms with Crippen LogP contribution < -0.4 is 0 Å². The van der Waals surface area contributed by atoms with Crippen LogP contribution in [0.15, 0.2) is 15.9 Å². The van der Waals surface area contributed by atoms with E-state index >= 15 is 0 Å². The monoisotopic (exact) mass is 351 g/mol. The molecule has 0 saturated carbocycles. The van der Waals surface area contributed by atoms with Gasteiger partial charge in [-0.25, -0.2) is 0 Å². The van der Waals surface area contributed by atoms with E-state index in [1.54, 1.807) is 12.0 Å². The van der Waals surface area contributed by atoms with E-state index in [-0.39, 0.29) is 17.9 Å². The first-order chi connectivity index (χ1) is 11.6. The van der Waals surface area contributed by atoms with Gasteiger partial charge in [0.05, 0.1) is 24.6 Å². The molecule has 1 saturated heterocycles. The van der Waals surface area contributed by atoms with Crippen LogP contribution in [0.1, 0.15) is 52.9 Å². The summed E-state index contributed by atoms with van der Waals surface area (Å²) >= 11 is 1.43. The van der Waals surface area contributed by atoms with Gasteiger partial charge in [0.15, 0.2) is 6.10 Å². The lowest BCUT2D eigenvalue weighted by molar-refractivity contribution is -0.0350. The predicted molar refractivity (Wildman–Crippen MR) is 88.0 cm³/mol. The van der Waals surface area contributed by atoms with E-state index < -0.39 is 0 Å². The summed E-state index contributed by atoms with van der Waals surface area (Å²) in [7, 11) is 1.62. The summed E-state index contributed by atoms with van der Waals surface area (Å²) in [5, 5.41) is 10.0. The number of nitrogens with zero attached hydrogens (tertiary/aromatic N) is 3. The van der Waals surface area contributed by atoms with Crippen LogP contribution in [-0.4, -0.2) is 47.8 Å². The third-order valence-corrected chi connectivity index (χ3v) is 4.76. The first kappa shape index (κ1) is 17.1. The maximum Gasteiger partial charge on any atom is 0.264 e. The predicted octanol–water partition coefficient (Wildman–Crippen LogP) is 2.61. The molecule has 0 bridgehead atoms. The number of rotatable bonds is 5. The normalized spacial score (nSPS) is 18.3. The largest absolute Gasteiger partial charge is 0.422 e. The van der Waals surface area contributed by atoms with Gasteiger partial charge in [0, 0.05) is 25.1 Å². The van der Waals surface area contributed by atoms with E-state index in [1.165, 1.54) is 11.3 Å². The maximum absolute atomic E-state index is 12.8. The van der Waals surface area contributed by atoms with Crippen LogP contribution in [0.5, 0.6) is 0 Å². The second kappa shape index (κ2) is 7.42. The van der Waals surface area contributed by atoms with Crippen molar-refractivity contribution in [1.29, 1.82) is 0 Å². The molecule has 3 rings (SSSR count). The van der Waals surface area contributed by atoms with Gasteiger partial charge in [-0.2, -0.15) is 0 Å². The number of morpholine rings is 1. The highest BCUT2D eigenvalue weighted by atomic mass is 32.1. The third-order valence-electron chi connectivity index (χ3n) is 3.82. The Bertz CT molecular complexity index is 697. The molecule has 2 aromatic rings. The fourth-order valence-electron chi connectivity index (χ4n) is 2.53. The Morgan fingerprint density at radius 2 is 2.33 bits per heavy atom. The molecule has 1 unspecified atom stereocenters. The molecule has 0 N–H and O–H groups in total. The fraction of sp³-hybridized carbons (Fsp3) is 0.562. The third kappa shape index (κ3) is 3.50. The standard InChI is InChI=1S/C16H21N3O4S/c1-10(2)14-17-18-15(23-14)12-8-19(5-6-22-12)16(20)13-11(9-21-3)4-7-24-13/h4,7,10,12H,5-6,8-9H2,1-3H3. The average Bonchev–Trinajstić information content (AvgIpc) is 3.24. The first-order valence-electron chi connectivity index (χ1n) is 7.89. The van der Waals surface area contributed by atoms with E-state index in [4.69, 9.17) is 13.9 Å². The van der Waals surface area contributed by atoms with Crippen LogP contribution in [0.2, 0.25) is 0 Å². The molecule has 0 aliphatic carbocycles. The molecule has 3 heterocycles. The van der Waals surface area contributed by atoms with Crippen molar-refractivity contribution in [3.8, 4) is 0 Å². The molecule has 24 heavy (non-hydrogen) atoms. The SMILES string of the molecule is COCc1ccsc1C(=O)N1CCOC(c2nnc(C(C)C)o2)C1. The van der Waals surface area contributed by atoms with Gasteiger partial charge in [0.2, 0.25) is 11.8 Å². The van der Waals surface area contributed by atoms with Crippen molar-refractivity contribution >= 4 is 17.2 Å². The number of carbonyl (C=O) groups excluding carboxylic acids is 1. The summed E-state index contributed by atoms with van der Waals surface area (Å²) in [4.78, 5) is 15.3. The summed E-state index contributed by atoms with van der Waals surface area (Å²) < 4.78 is 16.5. The van der Waals surface area contributed by atoms with Crippen LogP contribution in [-0.2, 0) is 16.1 Å². The van der Waals surface area contributed by atoms with Crippen LogP contribution in [0.4, 0.5) is 0 Å². The number of ether oxygens (including phenoxy) is 2. The number of hydrogen-bond acceptors (Lipinski definition) is 7. The lowest BCUT2D eigenvalue weighted by atomic mass is 10.2. The average molecular weight is 351 g/mol. The molecule has 1 amide bonds. The second-order valence-corrected chi connectivity index (χ2v) is 6.87. The summed E-state index contributed by atoms with van der Waals surface area (Å²) in [5.41, 5.74) is 0.912. The molecule has 130 valence electrons. The van der Waals surface area contributed by atoms with Gasteiger partial charge < -0.3 is 18.8 Å². The van der Waals surface area contributed by atoms with Crippen molar-refractivity contribution < 1.29 is 18.7 Å². The van der Waals surface area contributed by atoms with Crippen molar-refractivity contribution in [1.82, 2.24) is 15.1 Å². The Balaban J connectivity index is 1.72. The van der Waals surface area contributed by atoms with Crippen LogP contribution in [0.3, 0.4) is 0 Å². The number of thiophene rings is 1. The van der Waals surface area contributed by atoms with E-state index in [2.05, 4.69) is 10.2 Å². The maximum atomic E-state index is 12.8. The molecule has 1 atom stereocenters. The van der Waals surface area contributed by atoms with Gasteiger partial charge in [-0.05, 0) is 11.4 Å². The molecule has 1 fully saturated rings. The van der Waals surface area contributed by atoms with Crippen molar-refractivity contribution in [2.24, 2.45) is 0 Å². The lowest BCUT2D eigenvalue weighted by Crippen LogP contribution is -2.42. The number of aromatic nitrogens is 2. The minimum absolute atomic E-state index is 0.00560. The summed E-state index contributed by atoms with van der Waals surface area (Å²) in [6, 6.07) is 1.92. The van der Waals surface area contributed by atoms with Gasteiger partial charge in [-0.1, -0.05) is 13.8 Å². The molecule has 1 aliphatic heterocycles. The highest BCUT2D eigenvalue weighted by Gasteiger charge is 2.31. The molecular weight excluding hydrogens is 330 g/mol. The lowest BCUT2D eigenvalue weighted by Gasteiger charge is -2.31. The topological polar surface area (TPSA) is 77.7 Å². The highest BCUT2D eigenvalue weighted by molar-refractivity contribution is 7.12. The number of hydrogen-bond donors (Lipinski definition) is 0. The fourth-order valence-corrected chi connectivity index (χ4v) is 3.41. The van der Waals surface area contributed by atoms with Crippen molar-refractivity contribution in [3.05, 3.63) is 33.7 Å². The molecule has 8 heteroatoms. The smallest absolute Gasteiger partial charge is 0.264 e. The second-order valence-electron chi connectivity index (χ2n) is 5.95. The van der Waals surface area contributed by atoms with Crippen LogP contribution in [0.25, 0.3) is 0 Å². The Kier molecular flexibility index (Phi) is 5.27. The summed E-state index contributed by atoms with van der Waals surface area (Å²) in [6.45, 7) is 5.81. The molecule has 2 aromatic heterocycles. The number of amides is 1. The van der Waals surface area contributed by atoms with Gasteiger partial charge in [0.25, 0.3) is 5.91 Å². The van der Waals surface area contributed by atoms with E-state index in [1.807, 2.05) is 25.3 Å². The van der Waals surface area contributed by atoms with Gasteiger partial charge in [-0.3, -0.25) is 4.79 Å². The minimum atomic E-state index is -0.381. The van der Waals surface area contributed by atoms with Gasteiger partial charge in [0.1, 0.15) is 0 Å². The Hall–Kier alpha value is -1.77. The zero-order valence-electron chi connectivity index (χ0n) is 14.0. The van der Waals surface area contributed by atoms with E-state index in [0.717, 1.165) is 5.56 Å². The molecular formula is C16H21N3O4S. The molecule has 7 nitrogen and oxygen atoms in total. The summed E-state index contributed by atoms with van der Waals surface area (Å²) in [5.74, 6) is 1.17.